The Morgan fingerprint density at radius 2 is 2.15 bits per heavy atom. The number of carbonyl (C=O) groups is 2. The van der Waals surface area contributed by atoms with Gasteiger partial charge in [0.05, 0.1) is 24.1 Å². The van der Waals surface area contributed by atoms with Crippen LogP contribution in [0.5, 0.6) is 0 Å². The van der Waals surface area contributed by atoms with Crippen molar-refractivity contribution in [1.82, 2.24) is 5.32 Å². The fourth-order valence-electron chi connectivity index (χ4n) is 1.80. The number of rotatable bonds is 6. The van der Waals surface area contributed by atoms with E-state index in [1.54, 1.807) is 19.1 Å². The summed E-state index contributed by atoms with van der Waals surface area (Å²) in [5, 5.41) is 12.0. The summed E-state index contributed by atoms with van der Waals surface area (Å²) in [5.41, 5.74) is -0.662. The molecule has 2 N–H and O–H groups in total. The molecule has 0 heterocycles. The van der Waals surface area contributed by atoms with Gasteiger partial charge < -0.3 is 15.2 Å². The van der Waals surface area contributed by atoms with Crippen molar-refractivity contribution in [2.24, 2.45) is 0 Å². The van der Waals surface area contributed by atoms with Crippen LogP contribution in [-0.4, -0.2) is 36.2 Å². The number of carboxylic acid groups (broad SMARTS) is 1. The molecule has 0 spiro atoms. The molecule has 1 amide bonds. The molecular weight excluding hydrogens is 350 g/mol. The maximum absolute atomic E-state index is 12.2. The van der Waals surface area contributed by atoms with Crippen LogP contribution in [0.2, 0.25) is 5.02 Å². The molecular formula is C13H15BrClNO4. The fourth-order valence-corrected chi connectivity index (χ4v) is 2.40. The van der Waals surface area contributed by atoms with Crippen molar-refractivity contribution in [3.05, 3.63) is 33.3 Å². The summed E-state index contributed by atoms with van der Waals surface area (Å²) in [6.45, 7) is 1.70. The summed E-state index contributed by atoms with van der Waals surface area (Å²) >= 11 is 9.12. The quantitative estimate of drug-likeness (QED) is 0.814. The number of benzene rings is 1. The summed E-state index contributed by atoms with van der Waals surface area (Å²) in [6, 6.07) is 4.81. The number of nitrogens with one attached hydrogen (secondary N) is 1. The minimum absolute atomic E-state index is 0.0865. The number of amides is 1. The van der Waals surface area contributed by atoms with Crippen molar-refractivity contribution in [2.45, 2.75) is 18.9 Å². The van der Waals surface area contributed by atoms with Crippen molar-refractivity contribution in [3.8, 4) is 0 Å². The van der Waals surface area contributed by atoms with Crippen molar-refractivity contribution in [3.63, 3.8) is 0 Å². The van der Waals surface area contributed by atoms with Gasteiger partial charge in [-0.25, -0.2) is 0 Å². The van der Waals surface area contributed by atoms with Gasteiger partial charge >= 0.3 is 5.97 Å². The molecule has 7 heteroatoms. The summed E-state index contributed by atoms with van der Waals surface area (Å²) in [6.07, 6.45) is -0.245. The van der Waals surface area contributed by atoms with Gasteiger partial charge in [0.15, 0.2) is 0 Å². The van der Waals surface area contributed by atoms with Gasteiger partial charge in [-0.05, 0) is 41.1 Å². The molecule has 0 aliphatic rings. The molecule has 1 aromatic rings. The number of halogens is 2. The molecule has 0 fully saturated rings. The largest absolute Gasteiger partial charge is 0.481 e. The Morgan fingerprint density at radius 3 is 2.70 bits per heavy atom. The highest BCUT2D eigenvalue weighted by molar-refractivity contribution is 9.10. The van der Waals surface area contributed by atoms with Crippen LogP contribution in [0.15, 0.2) is 22.7 Å². The number of carboxylic acids is 1. The molecule has 20 heavy (non-hydrogen) atoms. The number of carbonyl (C=O) groups excluding carboxylic acids is 1. The maximum Gasteiger partial charge on any atom is 0.305 e. The zero-order chi connectivity index (χ0) is 15.3. The van der Waals surface area contributed by atoms with Crippen LogP contribution < -0.4 is 5.32 Å². The molecule has 0 bridgehead atoms. The third kappa shape index (κ3) is 4.77. The zero-order valence-corrected chi connectivity index (χ0v) is 13.4. The Morgan fingerprint density at radius 1 is 1.50 bits per heavy atom. The predicted octanol–water partition coefficient (Wildman–Crippen LogP) is 2.71. The third-order valence-electron chi connectivity index (χ3n) is 2.59. The number of aliphatic carboxylic acids is 1. The van der Waals surface area contributed by atoms with Gasteiger partial charge in [0.1, 0.15) is 0 Å². The fraction of sp³-hybridized carbons (Fsp3) is 0.385. The standard InChI is InChI=1S/C13H15BrClNO4/c1-13(7-20-2,6-11(17)18)16-12(19)9-5-8(15)3-4-10(9)14/h3-5H,6-7H2,1-2H3,(H,16,19)(H,17,18). The minimum atomic E-state index is -1.02. The molecule has 5 nitrogen and oxygen atoms in total. The monoisotopic (exact) mass is 363 g/mol. The van der Waals surface area contributed by atoms with Crippen molar-refractivity contribution in [1.29, 1.82) is 0 Å². The Labute approximate surface area is 130 Å². The average Bonchev–Trinajstić information content (AvgIpc) is 2.30. The SMILES string of the molecule is COCC(C)(CC(=O)O)NC(=O)c1cc(Cl)ccc1Br. The summed E-state index contributed by atoms with van der Waals surface area (Å²) in [4.78, 5) is 23.1. The van der Waals surface area contributed by atoms with E-state index in [0.717, 1.165) is 0 Å². The number of ether oxygens (including phenoxy) is 1. The second-order valence-corrected chi connectivity index (χ2v) is 5.93. The van der Waals surface area contributed by atoms with Gasteiger partial charge in [0, 0.05) is 16.6 Å². The number of hydrogen-bond acceptors (Lipinski definition) is 3. The van der Waals surface area contributed by atoms with Crippen LogP contribution in [0.3, 0.4) is 0 Å². The Bertz CT molecular complexity index is 523. The summed E-state index contributed by atoms with van der Waals surface area (Å²) in [7, 11) is 1.45. The Balaban J connectivity index is 2.95. The molecule has 0 aliphatic carbocycles. The van der Waals surface area contributed by atoms with Gasteiger partial charge in [-0.1, -0.05) is 11.6 Å². The normalized spacial score (nSPS) is 13.6. The molecule has 0 saturated heterocycles. The first-order valence-corrected chi connectivity index (χ1v) is 6.93. The highest BCUT2D eigenvalue weighted by Crippen LogP contribution is 2.22. The lowest BCUT2D eigenvalue weighted by atomic mass is 9.98. The first kappa shape index (κ1) is 16.9. The second-order valence-electron chi connectivity index (χ2n) is 4.64. The molecule has 1 unspecified atom stereocenters. The second kappa shape index (κ2) is 7.06. The molecule has 1 aromatic carbocycles. The summed E-state index contributed by atoms with van der Waals surface area (Å²) in [5.74, 6) is -1.44. The van der Waals surface area contributed by atoms with Gasteiger partial charge in [0.2, 0.25) is 0 Å². The lowest BCUT2D eigenvalue weighted by molar-refractivity contribution is -0.139. The maximum atomic E-state index is 12.2. The highest BCUT2D eigenvalue weighted by atomic mass is 79.9. The molecule has 0 aliphatic heterocycles. The highest BCUT2D eigenvalue weighted by Gasteiger charge is 2.30. The topological polar surface area (TPSA) is 75.6 Å². The van der Waals surface area contributed by atoms with E-state index in [-0.39, 0.29) is 13.0 Å². The van der Waals surface area contributed by atoms with Gasteiger partial charge in [-0.3, -0.25) is 9.59 Å². The number of hydrogen-bond donors (Lipinski definition) is 2. The van der Waals surface area contributed by atoms with Crippen LogP contribution in [0.1, 0.15) is 23.7 Å². The van der Waals surface area contributed by atoms with E-state index in [0.29, 0.717) is 15.1 Å². The van der Waals surface area contributed by atoms with E-state index in [9.17, 15) is 9.59 Å². The van der Waals surface area contributed by atoms with E-state index in [2.05, 4.69) is 21.2 Å². The van der Waals surface area contributed by atoms with E-state index in [1.807, 2.05) is 0 Å². The zero-order valence-electron chi connectivity index (χ0n) is 11.1. The predicted molar refractivity (Wildman–Crippen MR) is 79.2 cm³/mol. The summed E-state index contributed by atoms with van der Waals surface area (Å²) < 4.78 is 5.56. The molecule has 110 valence electrons. The van der Waals surface area contributed by atoms with E-state index in [4.69, 9.17) is 21.4 Å². The molecule has 1 rings (SSSR count). The van der Waals surface area contributed by atoms with Crippen LogP contribution in [0, 0.1) is 0 Å². The van der Waals surface area contributed by atoms with Crippen molar-refractivity contribution in [2.75, 3.05) is 13.7 Å². The first-order chi connectivity index (χ1) is 9.27. The van der Waals surface area contributed by atoms with Gasteiger partial charge in [-0.2, -0.15) is 0 Å². The van der Waals surface area contributed by atoms with Crippen LogP contribution in [0.4, 0.5) is 0 Å². The Kier molecular flexibility index (Phi) is 5.98. The average molecular weight is 365 g/mol. The number of methoxy groups -OCH3 is 1. The molecule has 0 radical (unpaired) electrons. The van der Waals surface area contributed by atoms with Gasteiger partial charge in [0.25, 0.3) is 5.91 Å². The van der Waals surface area contributed by atoms with Crippen molar-refractivity contribution < 1.29 is 19.4 Å². The smallest absolute Gasteiger partial charge is 0.305 e. The van der Waals surface area contributed by atoms with Crippen LogP contribution in [0.25, 0.3) is 0 Å². The molecule has 1 atom stereocenters. The van der Waals surface area contributed by atoms with Crippen LogP contribution >= 0.6 is 27.5 Å². The van der Waals surface area contributed by atoms with Crippen molar-refractivity contribution >= 4 is 39.4 Å². The minimum Gasteiger partial charge on any atom is -0.481 e. The first-order valence-electron chi connectivity index (χ1n) is 5.76. The van der Waals surface area contributed by atoms with E-state index >= 15 is 0 Å². The van der Waals surface area contributed by atoms with E-state index in [1.165, 1.54) is 13.2 Å². The van der Waals surface area contributed by atoms with Gasteiger partial charge in [-0.15, -0.1) is 0 Å². The lowest BCUT2D eigenvalue weighted by Gasteiger charge is -2.28. The lowest BCUT2D eigenvalue weighted by Crippen LogP contribution is -2.50. The molecule has 0 aromatic heterocycles. The third-order valence-corrected chi connectivity index (χ3v) is 3.52. The molecule has 0 saturated carbocycles. The van der Waals surface area contributed by atoms with E-state index < -0.39 is 17.4 Å². The van der Waals surface area contributed by atoms with Crippen LogP contribution in [-0.2, 0) is 9.53 Å². The Hall–Kier alpha value is -1.11.